The van der Waals surface area contributed by atoms with Gasteiger partial charge in [-0.05, 0) is 38.4 Å². The van der Waals surface area contributed by atoms with Gasteiger partial charge < -0.3 is 5.32 Å². The lowest BCUT2D eigenvalue weighted by Crippen LogP contribution is -2.13. The first-order valence-corrected chi connectivity index (χ1v) is 7.57. The van der Waals surface area contributed by atoms with E-state index in [1.54, 1.807) is 0 Å². The summed E-state index contributed by atoms with van der Waals surface area (Å²) in [6.07, 6.45) is 3.20. The molecular weight excluding hydrogens is 270 g/mol. The number of nitrogens with one attached hydrogen (secondary N) is 1. The van der Waals surface area contributed by atoms with Crippen LogP contribution in [0.5, 0.6) is 0 Å². The highest BCUT2D eigenvalue weighted by atomic mass is 35.5. The molecule has 0 fully saturated rings. The second-order valence-corrected chi connectivity index (χ2v) is 5.38. The number of benzene rings is 1. The standard InChI is InChI=1S/C16H22ClN3/c1-4-8-18-10-13-6-7-14(16(17)9-13)15-11-20(5-2)19-12(15)3/h6-7,9,11,18H,4-5,8,10H2,1-3H3. The van der Waals surface area contributed by atoms with Crippen LogP contribution in [0.1, 0.15) is 31.5 Å². The van der Waals surface area contributed by atoms with E-state index in [1.807, 2.05) is 17.7 Å². The van der Waals surface area contributed by atoms with Crippen molar-refractivity contribution in [3.63, 3.8) is 0 Å². The van der Waals surface area contributed by atoms with Crippen molar-refractivity contribution >= 4 is 11.6 Å². The molecule has 1 N–H and O–H groups in total. The summed E-state index contributed by atoms with van der Waals surface area (Å²) in [6.45, 7) is 9.03. The van der Waals surface area contributed by atoms with Crippen molar-refractivity contribution in [2.45, 2.75) is 40.3 Å². The van der Waals surface area contributed by atoms with Gasteiger partial charge in [0.2, 0.25) is 0 Å². The fourth-order valence-corrected chi connectivity index (χ4v) is 2.55. The van der Waals surface area contributed by atoms with Crippen molar-refractivity contribution in [1.29, 1.82) is 0 Å². The van der Waals surface area contributed by atoms with E-state index in [2.05, 4.69) is 42.6 Å². The Morgan fingerprint density at radius 2 is 2.05 bits per heavy atom. The van der Waals surface area contributed by atoms with Gasteiger partial charge in [0.15, 0.2) is 0 Å². The lowest BCUT2D eigenvalue weighted by molar-refractivity contribution is 0.653. The normalized spacial score (nSPS) is 11.0. The van der Waals surface area contributed by atoms with Gasteiger partial charge in [0.1, 0.15) is 0 Å². The molecule has 0 aliphatic heterocycles. The van der Waals surface area contributed by atoms with E-state index >= 15 is 0 Å². The van der Waals surface area contributed by atoms with Crippen LogP contribution in [0.2, 0.25) is 5.02 Å². The van der Waals surface area contributed by atoms with Gasteiger partial charge in [0.05, 0.1) is 5.69 Å². The zero-order valence-corrected chi connectivity index (χ0v) is 13.2. The van der Waals surface area contributed by atoms with Gasteiger partial charge in [0, 0.05) is 35.4 Å². The maximum Gasteiger partial charge on any atom is 0.0672 e. The Labute approximate surface area is 126 Å². The molecule has 0 spiro atoms. The molecule has 20 heavy (non-hydrogen) atoms. The van der Waals surface area contributed by atoms with Gasteiger partial charge in [-0.25, -0.2) is 0 Å². The topological polar surface area (TPSA) is 29.9 Å². The van der Waals surface area contributed by atoms with Crippen molar-refractivity contribution in [2.75, 3.05) is 6.54 Å². The molecule has 0 atom stereocenters. The Balaban J connectivity index is 2.22. The van der Waals surface area contributed by atoms with Crippen molar-refractivity contribution in [2.24, 2.45) is 0 Å². The highest BCUT2D eigenvalue weighted by Crippen LogP contribution is 2.30. The highest BCUT2D eigenvalue weighted by molar-refractivity contribution is 6.33. The molecule has 1 aromatic carbocycles. The van der Waals surface area contributed by atoms with Crippen LogP contribution in [0.25, 0.3) is 11.1 Å². The summed E-state index contributed by atoms with van der Waals surface area (Å²) in [5, 5.41) is 8.65. The molecular formula is C16H22ClN3. The minimum absolute atomic E-state index is 0.791. The third kappa shape index (κ3) is 3.41. The Kier molecular flexibility index (Phi) is 5.21. The molecule has 108 valence electrons. The van der Waals surface area contributed by atoms with Gasteiger partial charge in [-0.2, -0.15) is 5.10 Å². The van der Waals surface area contributed by atoms with E-state index in [0.29, 0.717) is 0 Å². The zero-order chi connectivity index (χ0) is 14.5. The van der Waals surface area contributed by atoms with Crippen LogP contribution in [0.4, 0.5) is 0 Å². The minimum Gasteiger partial charge on any atom is -0.313 e. The number of aryl methyl sites for hydroxylation is 2. The van der Waals surface area contributed by atoms with Gasteiger partial charge in [0.25, 0.3) is 0 Å². The van der Waals surface area contributed by atoms with Crippen molar-refractivity contribution in [1.82, 2.24) is 15.1 Å². The SMILES string of the molecule is CCCNCc1ccc(-c2cn(CC)nc2C)c(Cl)c1. The monoisotopic (exact) mass is 291 g/mol. The van der Waals surface area contributed by atoms with Gasteiger partial charge in [-0.3, -0.25) is 4.68 Å². The van der Waals surface area contributed by atoms with Crippen LogP contribution < -0.4 is 5.32 Å². The van der Waals surface area contributed by atoms with Crippen LogP contribution in [0.3, 0.4) is 0 Å². The number of halogens is 1. The molecule has 3 nitrogen and oxygen atoms in total. The summed E-state index contributed by atoms with van der Waals surface area (Å²) in [6, 6.07) is 6.27. The Morgan fingerprint density at radius 1 is 1.25 bits per heavy atom. The quantitative estimate of drug-likeness (QED) is 0.814. The molecule has 0 saturated carbocycles. The molecule has 2 rings (SSSR count). The van der Waals surface area contributed by atoms with Gasteiger partial charge in [-0.15, -0.1) is 0 Å². The summed E-state index contributed by atoms with van der Waals surface area (Å²) < 4.78 is 1.94. The third-order valence-corrected chi connectivity index (χ3v) is 3.66. The van der Waals surface area contributed by atoms with Crippen LogP contribution >= 0.6 is 11.6 Å². The van der Waals surface area contributed by atoms with Crippen LogP contribution in [-0.2, 0) is 13.1 Å². The van der Waals surface area contributed by atoms with Gasteiger partial charge in [-0.1, -0.05) is 30.7 Å². The summed E-state index contributed by atoms with van der Waals surface area (Å²) >= 11 is 6.44. The third-order valence-electron chi connectivity index (χ3n) is 3.35. The molecule has 1 heterocycles. The number of hydrogen-bond acceptors (Lipinski definition) is 2. The minimum atomic E-state index is 0.791. The summed E-state index contributed by atoms with van der Waals surface area (Å²) in [5.41, 5.74) is 4.41. The van der Waals surface area contributed by atoms with E-state index < -0.39 is 0 Å². The van der Waals surface area contributed by atoms with Crippen molar-refractivity contribution in [3.05, 3.63) is 40.7 Å². The van der Waals surface area contributed by atoms with E-state index in [1.165, 1.54) is 5.56 Å². The average Bonchev–Trinajstić information content (AvgIpc) is 2.80. The highest BCUT2D eigenvalue weighted by Gasteiger charge is 2.10. The molecule has 0 unspecified atom stereocenters. The van der Waals surface area contributed by atoms with E-state index in [4.69, 9.17) is 11.6 Å². The van der Waals surface area contributed by atoms with Crippen molar-refractivity contribution in [3.8, 4) is 11.1 Å². The van der Waals surface area contributed by atoms with Gasteiger partial charge >= 0.3 is 0 Å². The van der Waals surface area contributed by atoms with Crippen LogP contribution in [0, 0.1) is 6.92 Å². The second-order valence-electron chi connectivity index (χ2n) is 4.97. The first-order valence-electron chi connectivity index (χ1n) is 7.19. The molecule has 0 amide bonds. The Morgan fingerprint density at radius 3 is 2.65 bits per heavy atom. The predicted molar refractivity (Wildman–Crippen MR) is 85.1 cm³/mol. The molecule has 0 aliphatic carbocycles. The fourth-order valence-electron chi connectivity index (χ4n) is 2.24. The second kappa shape index (κ2) is 6.91. The largest absolute Gasteiger partial charge is 0.313 e. The summed E-state index contributed by atoms with van der Waals surface area (Å²) in [5.74, 6) is 0. The molecule has 4 heteroatoms. The summed E-state index contributed by atoms with van der Waals surface area (Å²) in [4.78, 5) is 0. The molecule has 0 aliphatic rings. The first-order chi connectivity index (χ1) is 9.65. The number of rotatable bonds is 6. The lowest BCUT2D eigenvalue weighted by atomic mass is 10.0. The smallest absolute Gasteiger partial charge is 0.0672 e. The predicted octanol–water partition coefficient (Wildman–Crippen LogP) is 4.03. The number of hydrogen-bond donors (Lipinski definition) is 1. The molecule has 0 bridgehead atoms. The van der Waals surface area contributed by atoms with Crippen LogP contribution in [0.15, 0.2) is 24.4 Å². The molecule has 0 radical (unpaired) electrons. The average molecular weight is 292 g/mol. The van der Waals surface area contributed by atoms with E-state index in [9.17, 15) is 0 Å². The summed E-state index contributed by atoms with van der Waals surface area (Å²) in [7, 11) is 0. The molecule has 1 aromatic heterocycles. The lowest BCUT2D eigenvalue weighted by Gasteiger charge is -2.07. The Bertz CT molecular complexity index is 575. The molecule has 2 aromatic rings. The Hall–Kier alpha value is -1.32. The number of aromatic nitrogens is 2. The zero-order valence-electron chi connectivity index (χ0n) is 12.4. The maximum atomic E-state index is 6.44. The number of nitrogens with zero attached hydrogens (tertiary/aromatic N) is 2. The van der Waals surface area contributed by atoms with Crippen LogP contribution in [-0.4, -0.2) is 16.3 Å². The fraction of sp³-hybridized carbons (Fsp3) is 0.438. The van der Waals surface area contributed by atoms with E-state index in [-0.39, 0.29) is 0 Å². The molecule has 0 saturated heterocycles. The van der Waals surface area contributed by atoms with E-state index in [0.717, 1.165) is 47.9 Å². The maximum absolute atomic E-state index is 6.44. The van der Waals surface area contributed by atoms with Crippen molar-refractivity contribution < 1.29 is 0 Å². The first kappa shape index (κ1) is 15.1.